The second-order valence-corrected chi connectivity index (χ2v) is 8.56. The van der Waals surface area contributed by atoms with Crippen molar-refractivity contribution in [1.29, 1.82) is 0 Å². The van der Waals surface area contributed by atoms with Crippen LogP contribution in [0.5, 0.6) is 0 Å². The van der Waals surface area contributed by atoms with E-state index in [-0.39, 0.29) is 75.7 Å². The summed E-state index contributed by atoms with van der Waals surface area (Å²) in [6.07, 6.45) is 14.9. The Kier molecular flexibility index (Phi) is 18.0. The molecule has 7 nitrogen and oxygen atoms in total. The van der Waals surface area contributed by atoms with Gasteiger partial charge in [-0.2, -0.15) is 0 Å². The van der Waals surface area contributed by atoms with E-state index >= 15 is 0 Å². The summed E-state index contributed by atoms with van der Waals surface area (Å²) in [5.41, 5.74) is -0.414. The third-order valence-corrected chi connectivity index (χ3v) is 5.35. The van der Waals surface area contributed by atoms with Crippen LogP contribution in [-0.4, -0.2) is 38.1 Å². The van der Waals surface area contributed by atoms with Gasteiger partial charge < -0.3 is 14.0 Å². The Morgan fingerprint density at radius 1 is 0.818 bits per heavy atom. The number of rotatable bonds is 15. The van der Waals surface area contributed by atoms with E-state index < -0.39 is 27.0 Å². The van der Waals surface area contributed by atoms with Crippen LogP contribution in [0.3, 0.4) is 0 Å². The van der Waals surface area contributed by atoms with Crippen molar-refractivity contribution in [3.8, 4) is 0 Å². The van der Waals surface area contributed by atoms with Gasteiger partial charge in [0.05, 0.1) is 29.2 Å². The number of hydrogen-bond acceptors (Lipinski definition) is 7. The minimum atomic E-state index is -4.80. The largest absolute Gasteiger partial charge is 1.00 e. The molecule has 0 aliphatic carbocycles. The van der Waals surface area contributed by atoms with Crippen LogP contribution in [0.25, 0.3) is 0 Å². The van der Waals surface area contributed by atoms with Crippen molar-refractivity contribution in [1.82, 2.24) is 0 Å². The van der Waals surface area contributed by atoms with Crippen molar-refractivity contribution in [3.63, 3.8) is 0 Å². The first kappa shape index (κ1) is 32.2. The average Bonchev–Trinajstić information content (AvgIpc) is 2.76. The topological polar surface area (TPSA) is 110 Å². The van der Waals surface area contributed by atoms with Gasteiger partial charge in [-0.3, -0.25) is 0 Å². The zero-order valence-electron chi connectivity index (χ0n) is 19.9. The molecule has 1 aromatic rings. The van der Waals surface area contributed by atoms with Crippen molar-refractivity contribution in [2.75, 3.05) is 13.2 Å². The number of carbonyl (C=O) groups is 2. The van der Waals surface area contributed by atoms with Gasteiger partial charge in [0.15, 0.2) is 0 Å². The van der Waals surface area contributed by atoms with Gasteiger partial charge in [-0.05, 0) is 69.6 Å². The van der Waals surface area contributed by atoms with Crippen LogP contribution in [0.1, 0.15) is 85.9 Å². The standard InChI is InChI=1S/C24H34O7S.K/c1-3-5-7-9-11-13-17-30-23(25)21-16-15-20(32(27,28)29)19-22(21)24(26)31-18-14-12-10-8-6-4-2;/h5-8,15-16,19H,3-4,9-14,17-18H2,1-2H3,(H,27,28,29);/q;+1/p-1/b7-5+,8-6+;. The maximum absolute atomic E-state index is 12.5. The molecule has 178 valence electrons. The Labute approximate surface area is 240 Å². The summed E-state index contributed by atoms with van der Waals surface area (Å²) in [7, 11) is -4.80. The molecule has 0 N–H and O–H groups in total. The summed E-state index contributed by atoms with van der Waals surface area (Å²) in [4.78, 5) is 24.4. The Hall–Kier alpha value is -0.814. The molecule has 1 aromatic carbocycles. The molecule has 0 atom stereocenters. The molecule has 0 saturated carbocycles. The van der Waals surface area contributed by atoms with Crippen LogP contribution in [-0.2, 0) is 19.6 Å². The smallest absolute Gasteiger partial charge is 0.744 e. The van der Waals surface area contributed by atoms with Crippen molar-refractivity contribution in [2.24, 2.45) is 0 Å². The van der Waals surface area contributed by atoms with Gasteiger partial charge >= 0.3 is 63.3 Å². The van der Waals surface area contributed by atoms with E-state index in [1.54, 1.807) is 0 Å². The molecule has 9 heteroatoms. The Morgan fingerprint density at radius 3 is 1.76 bits per heavy atom. The monoisotopic (exact) mass is 504 g/mol. The third kappa shape index (κ3) is 13.6. The molecule has 0 saturated heterocycles. The molecule has 1 rings (SSSR count). The number of carbonyl (C=O) groups excluding carboxylic acids is 2. The molecule has 0 bridgehead atoms. The summed E-state index contributed by atoms with van der Waals surface area (Å²) in [5, 5.41) is 0. The molecule has 0 aliphatic heterocycles. The first-order chi connectivity index (χ1) is 15.3. The zero-order chi connectivity index (χ0) is 23.8. The van der Waals surface area contributed by atoms with Crippen LogP contribution in [0.15, 0.2) is 47.4 Å². The third-order valence-electron chi connectivity index (χ3n) is 4.52. The number of unbranched alkanes of at least 4 members (excludes halogenated alkanes) is 4. The SMILES string of the molecule is CC/C=C/CCCCOC(=O)c1ccc(S(=O)(=O)[O-])cc1C(=O)OCCCC/C=C/CC.[K+]. The number of hydrogen-bond donors (Lipinski definition) is 0. The van der Waals surface area contributed by atoms with Crippen LogP contribution < -0.4 is 51.4 Å². The first-order valence-corrected chi connectivity index (χ1v) is 12.5. The van der Waals surface area contributed by atoms with Gasteiger partial charge in [-0.1, -0.05) is 38.2 Å². The molecule has 0 amide bonds. The van der Waals surface area contributed by atoms with Crippen molar-refractivity contribution < 1.29 is 83.4 Å². The summed E-state index contributed by atoms with van der Waals surface area (Å²) >= 11 is 0. The van der Waals surface area contributed by atoms with Gasteiger partial charge in [0, 0.05) is 0 Å². The predicted octanol–water partition coefficient (Wildman–Crippen LogP) is 2.18. The molecular formula is C24H33KO7S. The van der Waals surface area contributed by atoms with Gasteiger partial charge in [0.25, 0.3) is 0 Å². The molecular weight excluding hydrogens is 471 g/mol. The predicted molar refractivity (Wildman–Crippen MR) is 122 cm³/mol. The van der Waals surface area contributed by atoms with Crippen LogP contribution >= 0.6 is 0 Å². The van der Waals surface area contributed by atoms with Crippen LogP contribution in [0.2, 0.25) is 0 Å². The van der Waals surface area contributed by atoms with Gasteiger partial charge in [-0.15, -0.1) is 0 Å². The first-order valence-electron chi connectivity index (χ1n) is 11.0. The second-order valence-electron chi connectivity index (χ2n) is 7.18. The average molecular weight is 505 g/mol. The number of benzene rings is 1. The summed E-state index contributed by atoms with van der Waals surface area (Å²) in [5.74, 6) is -1.63. The van der Waals surface area contributed by atoms with E-state index in [2.05, 4.69) is 31.2 Å². The molecule has 0 fully saturated rings. The van der Waals surface area contributed by atoms with E-state index in [1.807, 2.05) is 6.92 Å². The number of allylic oxidation sites excluding steroid dienone is 4. The minimum absolute atomic E-state index is 0. The van der Waals surface area contributed by atoms with E-state index in [0.717, 1.165) is 56.7 Å². The van der Waals surface area contributed by atoms with Crippen molar-refractivity contribution in [2.45, 2.75) is 70.1 Å². The molecule has 0 radical (unpaired) electrons. The quantitative estimate of drug-likeness (QED) is 0.118. The zero-order valence-corrected chi connectivity index (χ0v) is 23.8. The van der Waals surface area contributed by atoms with Gasteiger partial charge in [-0.25, -0.2) is 18.0 Å². The van der Waals surface area contributed by atoms with E-state index in [9.17, 15) is 22.6 Å². The Morgan fingerprint density at radius 2 is 1.30 bits per heavy atom. The molecule has 0 aliphatic rings. The fourth-order valence-corrected chi connectivity index (χ4v) is 3.31. The summed E-state index contributed by atoms with van der Waals surface area (Å²) < 4.78 is 44.5. The molecule has 33 heavy (non-hydrogen) atoms. The van der Waals surface area contributed by atoms with Crippen LogP contribution in [0.4, 0.5) is 0 Å². The Balaban J connectivity index is 0.0000102. The van der Waals surface area contributed by atoms with Gasteiger partial charge in [0.1, 0.15) is 10.1 Å². The fourth-order valence-electron chi connectivity index (χ4n) is 2.81. The molecule has 0 spiro atoms. The van der Waals surface area contributed by atoms with Gasteiger partial charge in [0.2, 0.25) is 0 Å². The summed E-state index contributed by atoms with van der Waals surface area (Å²) in [6.45, 7) is 4.38. The van der Waals surface area contributed by atoms with E-state index in [4.69, 9.17) is 9.47 Å². The molecule has 0 unspecified atom stereocenters. The molecule has 0 heterocycles. The number of esters is 2. The normalized spacial score (nSPS) is 11.5. The maximum Gasteiger partial charge on any atom is 1.00 e. The summed E-state index contributed by atoms with van der Waals surface area (Å²) in [6, 6.07) is 2.98. The Bertz CT molecular complexity index is 892. The number of ether oxygens (including phenoxy) is 2. The van der Waals surface area contributed by atoms with Crippen LogP contribution in [0, 0.1) is 0 Å². The molecule has 0 aromatic heterocycles. The van der Waals surface area contributed by atoms with E-state index in [0.29, 0.717) is 12.8 Å². The van der Waals surface area contributed by atoms with E-state index in [1.165, 1.54) is 0 Å². The van der Waals surface area contributed by atoms with Crippen molar-refractivity contribution >= 4 is 22.1 Å². The second kappa shape index (κ2) is 18.5. The minimum Gasteiger partial charge on any atom is -0.744 e. The van der Waals surface area contributed by atoms with Crippen molar-refractivity contribution in [3.05, 3.63) is 53.6 Å². The maximum atomic E-state index is 12.5. The fraction of sp³-hybridized carbons (Fsp3) is 0.500.